The molecule has 170 valence electrons. The van der Waals surface area contributed by atoms with Gasteiger partial charge in [-0.2, -0.15) is 0 Å². The highest BCUT2D eigenvalue weighted by Gasteiger charge is 2.46. The number of carbonyl (C=O) groups is 1. The van der Waals surface area contributed by atoms with Crippen molar-refractivity contribution in [2.45, 2.75) is 31.7 Å². The van der Waals surface area contributed by atoms with E-state index in [0.717, 1.165) is 43.7 Å². The molecule has 0 bridgehead atoms. The number of hydrogen-bond donors (Lipinski definition) is 0. The molecule has 1 fully saturated rings. The zero-order chi connectivity index (χ0) is 23.2. The Bertz CT molecular complexity index is 1190. The third-order valence-corrected chi connectivity index (χ3v) is 7.26. The maximum Gasteiger partial charge on any atom is 0.258 e. The van der Waals surface area contributed by atoms with Crippen molar-refractivity contribution in [1.29, 1.82) is 0 Å². The molecule has 7 heteroatoms. The van der Waals surface area contributed by atoms with Crippen LogP contribution in [0.15, 0.2) is 54.6 Å². The summed E-state index contributed by atoms with van der Waals surface area (Å²) in [5, 5.41) is 0.340. The third kappa shape index (κ3) is 4.37. The number of halogens is 3. The predicted molar refractivity (Wildman–Crippen MR) is 130 cm³/mol. The first kappa shape index (κ1) is 22.3. The molecule has 0 radical (unpaired) electrons. The minimum Gasteiger partial charge on any atom is -0.307 e. The summed E-state index contributed by atoms with van der Waals surface area (Å²) < 4.78 is 14.3. The Balaban J connectivity index is 1.39. The van der Waals surface area contributed by atoms with Crippen molar-refractivity contribution in [1.82, 2.24) is 9.88 Å². The Labute approximate surface area is 202 Å². The lowest BCUT2D eigenvalue weighted by atomic mass is 9.74. The van der Waals surface area contributed by atoms with E-state index in [1.807, 2.05) is 0 Å². The molecule has 33 heavy (non-hydrogen) atoms. The molecular weight excluding hydrogens is 460 g/mol. The largest absolute Gasteiger partial charge is 0.307 e. The minimum atomic E-state index is -0.278. The van der Waals surface area contributed by atoms with Gasteiger partial charge < -0.3 is 4.90 Å². The summed E-state index contributed by atoms with van der Waals surface area (Å²) in [5.74, 6) is -0.479. The molecule has 2 aromatic carbocycles. The second kappa shape index (κ2) is 8.71. The number of pyridine rings is 1. The van der Waals surface area contributed by atoms with Crippen LogP contribution in [0.5, 0.6) is 0 Å². The molecule has 2 aliphatic heterocycles. The Morgan fingerprint density at radius 3 is 2.36 bits per heavy atom. The summed E-state index contributed by atoms with van der Waals surface area (Å²) in [7, 11) is 0. The van der Waals surface area contributed by atoms with Crippen molar-refractivity contribution in [2.75, 3.05) is 24.5 Å². The third-order valence-electron chi connectivity index (χ3n) is 6.88. The van der Waals surface area contributed by atoms with E-state index in [4.69, 9.17) is 23.2 Å². The molecule has 1 amide bonds. The fourth-order valence-corrected chi connectivity index (χ4v) is 5.55. The van der Waals surface area contributed by atoms with Crippen LogP contribution >= 0.6 is 23.2 Å². The van der Waals surface area contributed by atoms with Crippen molar-refractivity contribution in [3.8, 4) is 0 Å². The fourth-order valence-electron chi connectivity index (χ4n) is 5.09. The Morgan fingerprint density at radius 1 is 1.03 bits per heavy atom. The lowest BCUT2D eigenvalue weighted by Gasteiger charge is -2.40. The van der Waals surface area contributed by atoms with E-state index in [0.29, 0.717) is 12.1 Å². The Hall–Kier alpha value is -2.47. The molecule has 3 aromatic rings. The number of nitrogens with zero attached hydrogens (tertiary/aromatic N) is 3. The molecule has 0 aliphatic carbocycles. The number of aryl methyl sites for hydroxylation is 1. The van der Waals surface area contributed by atoms with Gasteiger partial charge in [-0.05, 0) is 74.3 Å². The van der Waals surface area contributed by atoms with E-state index in [1.165, 1.54) is 29.3 Å². The van der Waals surface area contributed by atoms with Crippen LogP contribution in [0.1, 0.15) is 39.9 Å². The lowest BCUT2D eigenvalue weighted by molar-refractivity contribution is 0.0975. The normalized spacial score (nSPS) is 17.4. The molecule has 3 heterocycles. The highest BCUT2D eigenvalue weighted by Crippen LogP contribution is 2.48. The van der Waals surface area contributed by atoms with Crippen LogP contribution in [0.25, 0.3) is 0 Å². The number of amides is 1. The summed E-state index contributed by atoms with van der Waals surface area (Å²) in [6.07, 6.45) is 1.72. The molecule has 0 atom stereocenters. The van der Waals surface area contributed by atoms with E-state index >= 15 is 0 Å². The van der Waals surface area contributed by atoms with Crippen LogP contribution in [0.3, 0.4) is 0 Å². The van der Waals surface area contributed by atoms with Crippen molar-refractivity contribution in [3.05, 3.63) is 93.0 Å². The van der Waals surface area contributed by atoms with Gasteiger partial charge in [0.15, 0.2) is 0 Å². The number of carbonyl (C=O) groups excluding carboxylic acids is 1. The van der Waals surface area contributed by atoms with Crippen LogP contribution in [0.2, 0.25) is 10.3 Å². The summed E-state index contributed by atoms with van der Waals surface area (Å²) in [6.45, 7) is 5.27. The molecule has 5 rings (SSSR count). The number of hydrogen-bond acceptors (Lipinski definition) is 3. The van der Waals surface area contributed by atoms with Gasteiger partial charge in [0.1, 0.15) is 16.1 Å². The highest BCUT2D eigenvalue weighted by atomic mass is 35.5. The predicted octanol–water partition coefficient (Wildman–Crippen LogP) is 6.03. The van der Waals surface area contributed by atoms with Gasteiger partial charge in [0.05, 0.1) is 0 Å². The molecule has 0 unspecified atom stereocenters. The lowest BCUT2D eigenvalue weighted by Crippen LogP contribution is -2.45. The van der Waals surface area contributed by atoms with Gasteiger partial charge >= 0.3 is 0 Å². The van der Waals surface area contributed by atoms with E-state index in [9.17, 15) is 9.18 Å². The monoisotopic (exact) mass is 483 g/mol. The van der Waals surface area contributed by atoms with Crippen LogP contribution in [-0.4, -0.2) is 35.4 Å². The Morgan fingerprint density at radius 2 is 1.70 bits per heavy atom. The van der Waals surface area contributed by atoms with Crippen LogP contribution in [0.4, 0.5) is 10.1 Å². The van der Waals surface area contributed by atoms with Gasteiger partial charge in [0, 0.05) is 29.8 Å². The smallest absolute Gasteiger partial charge is 0.258 e. The second-order valence-corrected chi connectivity index (χ2v) is 9.87. The first-order valence-corrected chi connectivity index (χ1v) is 11.8. The average Bonchev–Trinajstić information content (AvgIpc) is 3.09. The molecule has 1 saturated heterocycles. The number of likely N-dealkylation sites (tertiary alicyclic amines) is 1. The van der Waals surface area contributed by atoms with Crippen molar-refractivity contribution < 1.29 is 9.18 Å². The van der Waals surface area contributed by atoms with E-state index in [-0.39, 0.29) is 27.4 Å². The van der Waals surface area contributed by atoms with Crippen LogP contribution < -0.4 is 4.90 Å². The first-order chi connectivity index (χ1) is 15.8. The maximum atomic E-state index is 14.3. The van der Waals surface area contributed by atoms with E-state index in [1.54, 1.807) is 17.0 Å². The molecular formula is C26H24Cl2FN3O. The minimum absolute atomic E-state index is 0.170. The quantitative estimate of drug-likeness (QED) is 0.426. The van der Waals surface area contributed by atoms with Crippen molar-refractivity contribution in [2.24, 2.45) is 0 Å². The van der Waals surface area contributed by atoms with Gasteiger partial charge in [0.25, 0.3) is 5.91 Å². The SMILES string of the molecule is Cc1ccc(CN2CCC3(CC2)CN(C(=O)c2cc(Cl)nc(Cl)c2)c2ccc(F)cc23)cc1. The standard InChI is InChI=1S/C26H24Cl2FN3O/c1-17-2-4-18(5-3-17)15-31-10-8-26(9-11-31)16-32(22-7-6-20(29)14-21(22)26)25(33)19-12-23(27)30-24(28)13-19/h2-7,12-14H,8-11,15-16H2,1H3. The van der Waals surface area contributed by atoms with Gasteiger partial charge in [-0.3, -0.25) is 9.69 Å². The fraction of sp³-hybridized carbons (Fsp3) is 0.308. The molecule has 4 nitrogen and oxygen atoms in total. The zero-order valence-electron chi connectivity index (χ0n) is 18.3. The zero-order valence-corrected chi connectivity index (χ0v) is 19.8. The molecule has 1 aromatic heterocycles. The van der Waals surface area contributed by atoms with Gasteiger partial charge in [0.2, 0.25) is 0 Å². The van der Waals surface area contributed by atoms with Crippen LogP contribution in [0, 0.1) is 12.7 Å². The van der Waals surface area contributed by atoms with E-state index < -0.39 is 0 Å². The maximum absolute atomic E-state index is 14.3. The topological polar surface area (TPSA) is 36.4 Å². The number of piperidine rings is 1. The van der Waals surface area contributed by atoms with Gasteiger partial charge in [-0.1, -0.05) is 53.0 Å². The van der Waals surface area contributed by atoms with Crippen molar-refractivity contribution >= 4 is 34.8 Å². The number of rotatable bonds is 3. The number of benzene rings is 2. The second-order valence-electron chi connectivity index (χ2n) is 9.10. The highest BCUT2D eigenvalue weighted by molar-refractivity contribution is 6.33. The first-order valence-electron chi connectivity index (χ1n) is 11.1. The summed E-state index contributed by atoms with van der Waals surface area (Å²) in [6, 6.07) is 16.4. The van der Waals surface area contributed by atoms with E-state index in [2.05, 4.69) is 41.1 Å². The summed E-state index contributed by atoms with van der Waals surface area (Å²) in [4.78, 5) is 21.5. The van der Waals surface area contributed by atoms with Crippen LogP contribution in [-0.2, 0) is 12.0 Å². The molecule has 0 N–H and O–H groups in total. The number of anilines is 1. The molecule has 1 spiro atoms. The molecule has 2 aliphatic rings. The number of aromatic nitrogens is 1. The molecule has 0 saturated carbocycles. The summed E-state index contributed by atoms with van der Waals surface area (Å²) in [5.41, 5.74) is 4.33. The number of fused-ring (bicyclic) bond motifs is 2. The average molecular weight is 484 g/mol. The summed E-state index contributed by atoms with van der Waals surface area (Å²) >= 11 is 12.1. The van der Waals surface area contributed by atoms with Gasteiger partial charge in [-0.25, -0.2) is 9.37 Å². The Kier molecular flexibility index (Phi) is 5.89. The van der Waals surface area contributed by atoms with Crippen molar-refractivity contribution in [3.63, 3.8) is 0 Å². The van der Waals surface area contributed by atoms with Gasteiger partial charge in [-0.15, -0.1) is 0 Å².